The van der Waals surface area contributed by atoms with Gasteiger partial charge in [0.25, 0.3) is 0 Å². The molecule has 2 nitrogen and oxygen atoms in total. The van der Waals surface area contributed by atoms with Crippen molar-refractivity contribution in [3.8, 4) is 66.9 Å². The van der Waals surface area contributed by atoms with E-state index in [-0.39, 0.29) is 5.41 Å². The van der Waals surface area contributed by atoms with Crippen molar-refractivity contribution in [3.63, 3.8) is 0 Å². The van der Waals surface area contributed by atoms with E-state index >= 15 is 0 Å². The zero-order valence-electron chi connectivity index (χ0n) is 36.2. The molecule has 0 fully saturated rings. The number of hydrogen-bond donors (Lipinski definition) is 0. The maximum absolute atomic E-state index is 5.47. The highest BCUT2D eigenvalue weighted by Gasteiger charge is 2.35. The van der Waals surface area contributed by atoms with Gasteiger partial charge in [-0.05, 0) is 134 Å². The van der Waals surface area contributed by atoms with Crippen molar-refractivity contribution in [3.05, 3.63) is 230 Å². The second-order valence-corrected chi connectivity index (χ2v) is 18.0. The third-order valence-electron chi connectivity index (χ3n) is 14.1. The Hall–Kier alpha value is -8.20. The molecule has 65 heavy (non-hydrogen) atoms. The highest BCUT2D eigenvalue weighted by atomic mass is 14.8. The Morgan fingerprint density at radius 3 is 1.45 bits per heavy atom. The van der Waals surface area contributed by atoms with E-state index in [4.69, 9.17) is 9.97 Å². The minimum absolute atomic E-state index is 0.116. The maximum atomic E-state index is 5.47. The van der Waals surface area contributed by atoms with Crippen molar-refractivity contribution in [1.82, 2.24) is 9.97 Å². The summed E-state index contributed by atoms with van der Waals surface area (Å²) in [4.78, 5) is 10.7. The van der Waals surface area contributed by atoms with Gasteiger partial charge in [-0.25, -0.2) is 4.98 Å². The van der Waals surface area contributed by atoms with Gasteiger partial charge < -0.3 is 0 Å². The minimum Gasteiger partial charge on any atom is -0.252 e. The Kier molecular flexibility index (Phi) is 8.29. The molecule has 0 unspecified atom stereocenters. The van der Waals surface area contributed by atoms with Gasteiger partial charge in [-0.3, -0.25) is 4.98 Å². The number of aromatic nitrogens is 2. The molecule has 0 bridgehead atoms. The van der Waals surface area contributed by atoms with Crippen LogP contribution in [0.5, 0.6) is 0 Å². The molecule has 0 N–H and O–H groups in total. The van der Waals surface area contributed by atoms with Gasteiger partial charge in [-0.1, -0.05) is 202 Å². The summed E-state index contributed by atoms with van der Waals surface area (Å²) in [5, 5.41) is 9.62. The molecular weight excluding hydrogens is 785 g/mol. The maximum Gasteiger partial charge on any atom is 0.0905 e. The third-order valence-corrected chi connectivity index (χ3v) is 14.1. The summed E-state index contributed by atoms with van der Waals surface area (Å²) in [5.74, 6) is 0. The Morgan fingerprint density at radius 2 is 0.785 bits per heavy atom. The summed E-state index contributed by atoms with van der Waals surface area (Å²) in [5.41, 5.74) is 18.6. The number of benzene rings is 11. The number of rotatable bonds is 5. The lowest BCUT2D eigenvalue weighted by Gasteiger charge is -2.23. The summed E-state index contributed by atoms with van der Waals surface area (Å²) in [7, 11) is 0. The van der Waals surface area contributed by atoms with Gasteiger partial charge in [-0.2, -0.15) is 0 Å². The Morgan fingerprint density at radius 1 is 0.308 bits per heavy atom. The molecular formula is C63H42N2. The van der Waals surface area contributed by atoms with E-state index < -0.39 is 0 Å². The number of fused-ring (bicyclic) bond motifs is 8. The zero-order valence-corrected chi connectivity index (χ0v) is 36.2. The first kappa shape index (κ1) is 37.4. The van der Waals surface area contributed by atoms with Crippen LogP contribution in [0.25, 0.3) is 121 Å². The first-order chi connectivity index (χ1) is 32.0. The second-order valence-electron chi connectivity index (χ2n) is 18.0. The molecule has 13 rings (SSSR count). The minimum atomic E-state index is -0.116. The summed E-state index contributed by atoms with van der Waals surface area (Å²) in [6, 6.07) is 77.6. The van der Waals surface area contributed by atoms with Gasteiger partial charge in [0.1, 0.15) is 0 Å². The molecule has 0 aliphatic heterocycles. The standard InChI is InChI=1S/C63H42N2/c1-63(2)54-28-16-15-21-44(54)45-32-30-42(36-55(45)63)61-50-26-13-14-27-51(50)62(52-33-29-41(35-53(52)61)39-17-5-3-6-18-39)58-38-64-57-37-43(31-34-56(57)65-58)60-48-24-11-9-22-46(48)59(40-19-7-4-8-20-40)47-23-10-12-25-49(47)60/h3-38H,1-2H3. The first-order valence-corrected chi connectivity index (χ1v) is 22.6. The van der Waals surface area contributed by atoms with Gasteiger partial charge in [0.2, 0.25) is 0 Å². The Labute approximate surface area is 378 Å². The average molecular weight is 827 g/mol. The van der Waals surface area contributed by atoms with E-state index in [2.05, 4.69) is 226 Å². The van der Waals surface area contributed by atoms with Crippen LogP contribution in [0.15, 0.2) is 219 Å². The smallest absolute Gasteiger partial charge is 0.0905 e. The van der Waals surface area contributed by atoms with E-state index in [9.17, 15) is 0 Å². The lowest BCUT2D eigenvalue weighted by atomic mass is 9.80. The molecule has 0 radical (unpaired) electrons. The summed E-state index contributed by atoms with van der Waals surface area (Å²) in [6.45, 7) is 4.73. The average Bonchev–Trinajstić information content (AvgIpc) is 3.59. The van der Waals surface area contributed by atoms with Crippen molar-refractivity contribution in [2.45, 2.75) is 19.3 Å². The molecule has 0 spiro atoms. The van der Waals surface area contributed by atoms with Crippen molar-refractivity contribution in [1.29, 1.82) is 0 Å². The summed E-state index contributed by atoms with van der Waals surface area (Å²) in [6.07, 6.45) is 1.99. The van der Waals surface area contributed by atoms with E-state index in [1.54, 1.807) is 0 Å². The fraction of sp³-hybridized carbons (Fsp3) is 0.0476. The molecule has 1 aliphatic rings. The van der Waals surface area contributed by atoms with E-state index in [0.29, 0.717) is 0 Å². The third kappa shape index (κ3) is 5.74. The molecule has 11 aromatic carbocycles. The van der Waals surface area contributed by atoms with Crippen LogP contribution >= 0.6 is 0 Å². The lowest BCUT2D eigenvalue weighted by molar-refractivity contribution is 0.660. The van der Waals surface area contributed by atoms with Gasteiger partial charge in [-0.15, -0.1) is 0 Å². The van der Waals surface area contributed by atoms with Crippen LogP contribution < -0.4 is 0 Å². The van der Waals surface area contributed by atoms with Gasteiger partial charge >= 0.3 is 0 Å². The molecule has 1 aliphatic carbocycles. The Balaban J connectivity index is 1.01. The number of hydrogen-bond acceptors (Lipinski definition) is 2. The van der Waals surface area contributed by atoms with E-state index in [1.807, 2.05) is 6.20 Å². The lowest BCUT2D eigenvalue weighted by Crippen LogP contribution is -2.14. The van der Waals surface area contributed by atoms with E-state index in [0.717, 1.165) is 38.6 Å². The van der Waals surface area contributed by atoms with Crippen LogP contribution in [0.3, 0.4) is 0 Å². The molecule has 0 atom stereocenters. The van der Waals surface area contributed by atoms with Crippen molar-refractivity contribution < 1.29 is 0 Å². The Bertz CT molecular complexity index is 3850. The SMILES string of the molecule is CC1(C)c2ccccc2-c2ccc(-c3c4ccccc4c(-c4cnc5cc(-c6c7ccccc7c(-c7ccccc7)c7ccccc67)ccc5n4)c4ccc(-c5ccccc5)cc34)cc21. The predicted octanol–water partition coefficient (Wildman–Crippen LogP) is 16.9. The van der Waals surface area contributed by atoms with Crippen LogP contribution in [0.2, 0.25) is 0 Å². The zero-order chi connectivity index (χ0) is 43.2. The van der Waals surface area contributed by atoms with Gasteiger partial charge in [0.15, 0.2) is 0 Å². The van der Waals surface area contributed by atoms with Gasteiger partial charge in [0.05, 0.1) is 22.9 Å². The van der Waals surface area contributed by atoms with Crippen LogP contribution in [0.4, 0.5) is 0 Å². The summed E-state index contributed by atoms with van der Waals surface area (Å²) >= 11 is 0. The topological polar surface area (TPSA) is 25.8 Å². The number of nitrogens with zero attached hydrogens (tertiary/aromatic N) is 2. The largest absolute Gasteiger partial charge is 0.252 e. The second kappa shape index (κ2) is 14.4. The normalized spacial score (nSPS) is 12.9. The highest BCUT2D eigenvalue weighted by molar-refractivity contribution is 6.23. The highest BCUT2D eigenvalue weighted by Crippen LogP contribution is 2.52. The molecule has 2 heteroatoms. The van der Waals surface area contributed by atoms with Crippen molar-refractivity contribution in [2.75, 3.05) is 0 Å². The van der Waals surface area contributed by atoms with Crippen molar-refractivity contribution >= 4 is 54.1 Å². The van der Waals surface area contributed by atoms with Crippen LogP contribution in [-0.4, -0.2) is 9.97 Å². The fourth-order valence-corrected chi connectivity index (χ4v) is 11.1. The molecule has 0 saturated carbocycles. The molecule has 12 aromatic rings. The molecule has 304 valence electrons. The monoisotopic (exact) mass is 826 g/mol. The predicted molar refractivity (Wildman–Crippen MR) is 274 cm³/mol. The molecule has 0 amide bonds. The summed E-state index contributed by atoms with van der Waals surface area (Å²) < 4.78 is 0. The quantitative estimate of drug-likeness (QED) is 0.162. The van der Waals surface area contributed by atoms with Crippen LogP contribution in [-0.2, 0) is 5.41 Å². The first-order valence-electron chi connectivity index (χ1n) is 22.6. The molecule has 1 heterocycles. The van der Waals surface area contributed by atoms with Crippen molar-refractivity contribution in [2.24, 2.45) is 0 Å². The fourth-order valence-electron chi connectivity index (χ4n) is 11.1. The van der Waals surface area contributed by atoms with Gasteiger partial charge in [0, 0.05) is 11.0 Å². The van der Waals surface area contributed by atoms with Crippen LogP contribution in [0, 0.1) is 0 Å². The molecule has 1 aromatic heterocycles. The van der Waals surface area contributed by atoms with E-state index in [1.165, 1.54) is 93.5 Å². The molecule has 0 saturated heterocycles. The van der Waals surface area contributed by atoms with Crippen LogP contribution in [0.1, 0.15) is 25.0 Å².